The first-order valence-corrected chi connectivity index (χ1v) is 2.43. The van der Waals surface area contributed by atoms with Crippen molar-refractivity contribution >= 4 is 23.1 Å². The minimum Gasteiger partial charge on any atom is -1.00 e. The van der Waals surface area contributed by atoms with Crippen LogP contribution in [0.2, 0.25) is 0 Å². The van der Waals surface area contributed by atoms with Crippen LogP contribution in [0.4, 0.5) is 0 Å². The van der Waals surface area contributed by atoms with Crippen LogP contribution < -0.4 is 12.4 Å². The molecule has 0 N–H and O–H groups in total. The van der Waals surface area contributed by atoms with E-state index in [4.69, 9.17) is 0 Å². The van der Waals surface area contributed by atoms with E-state index in [2.05, 4.69) is 32.6 Å². The minimum atomic E-state index is 0. The zero-order chi connectivity index (χ0) is 5.91. The third kappa shape index (κ3) is 17.6. The fourth-order valence-corrected chi connectivity index (χ4v) is 0.306. The predicted octanol–water partition coefficient (Wildman–Crippen LogP) is -1.54. The molecule has 1 nitrogen and oxygen atoms in total. The van der Waals surface area contributed by atoms with Gasteiger partial charge in [0.05, 0.1) is 0 Å². The van der Waals surface area contributed by atoms with Gasteiger partial charge >= 0.3 is 23.1 Å². The summed E-state index contributed by atoms with van der Waals surface area (Å²) in [6, 6.07) is 0. The third-order valence-corrected chi connectivity index (χ3v) is 0.535. The summed E-state index contributed by atoms with van der Waals surface area (Å²) in [6.07, 6.45) is 0. The van der Waals surface area contributed by atoms with Gasteiger partial charge < -0.3 is 17.1 Å². The largest absolute Gasteiger partial charge is 2.00 e. The van der Waals surface area contributed by atoms with Crippen LogP contribution in [0.3, 0.4) is 0 Å². The Bertz CT molecular complexity index is 51.5. The van der Waals surface area contributed by atoms with Crippen molar-refractivity contribution < 1.29 is 17.1 Å². The summed E-state index contributed by atoms with van der Waals surface area (Å²) < 4.78 is 4.66. The fraction of sp³-hybridized carbons (Fsp3) is 0.833. The molecule has 3 heteroatoms. The van der Waals surface area contributed by atoms with Crippen molar-refractivity contribution in [1.29, 1.82) is 0 Å². The number of halogens is 1. The molecule has 0 fully saturated rings. The summed E-state index contributed by atoms with van der Waals surface area (Å²) in [4.78, 5) is 0. The van der Waals surface area contributed by atoms with Crippen LogP contribution in [0.1, 0.15) is 20.8 Å². The van der Waals surface area contributed by atoms with Gasteiger partial charge in [0.2, 0.25) is 0 Å². The number of ether oxygens (including phenoxy) is 1. The Balaban J connectivity index is -0.000000180. The number of hydrogen-bond donors (Lipinski definition) is 0. The van der Waals surface area contributed by atoms with Gasteiger partial charge in [0.25, 0.3) is 0 Å². The van der Waals surface area contributed by atoms with Crippen LogP contribution in [-0.4, -0.2) is 29.7 Å². The second-order valence-electron chi connectivity index (χ2n) is 2.91. The normalized spacial score (nSPS) is 9.33. The molecule has 0 heterocycles. The van der Waals surface area contributed by atoms with Crippen molar-refractivity contribution in [2.45, 2.75) is 20.8 Å². The smallest absolute Gasteiger partial charge is 1.00 e. The van der Waals surface area contributed by atoms with Crippen LogP contribution in [0.5, 0.6) is 0 Å². The van der Waals surface area contributed by atoms with Crippen molar-refractivity contribution in [2.75, 3.05) is 6.61 Å². The average Bonchev–Trinajstić information content (AvgIpc) is 1.30. The molecule has 0 aromatic carbocycles. The van der Waals surface area contributed by atoms with Gasteiger partial charge in [0.1, 0.15) is 0 Å². The molecule has 0 aliphatic carbocycles. The first kappa shape index (κ1) is 16.5. The summed E-state index contributed by atoms with van der Waals surface area (Å²) in [5.41, 5.74) is 0.266. The van der Waals surface area contributed by atoms with Crippen LogP contribution in [0, 0.1) is 12.5 Å². The maximum atomic E-state index is 4.66. The Morgan fingerprint density at radius 1 is 1.33 bits per heavy atom. The average molecular weight is 161 g/mol. The van der Waals surface area contributed by atoms with Gasteiger partial charge in [-0.25, -0.2) is 7.11 Å². The zero-order valence-electron chi connectivity index (χ0n) is 6.41. The molecule has 0 saturated heterocycles. The first-order chi connectivity index (χ1) is 3.06. The van der Waals surface area contributed by atoms with Gasteiger partial charge in [0, 0.05) is 6.61 Å². The van der Waals surface area contributed by atoms with E-state index in [0.717, 1.165) is 6.61 Å². The van der Waals surface area contributed by atoms with E-state index in [1.807, 2.05) is 0 Å². The number of hydrogen-bond acceptors (Lipinski definition) is 1. The molecule has 0 saturated carbocycles. The van der Waals surface area contributed by atoms with Gasteiger partial charge in [-0.15, -0.1) is 0 Å². The van der Waals surface area contributed by atoms with Gasteiger partial charge in [0.15, 0.2) is 0 Å². The molecule has 0 bridgehead atoms. The van der Waals surface area contributed by atoms with E-state index in [0.29, 0.717) is 0 Å². The SMILES string of the molecule is [CH2-]OCC(C)(C)C.[Cl-].[Mg+2]. The third-order valence-electron chi connectivity index (χ3n) is 0.535. The monoisotopic (exact) mass is 160 g/mol. The molecule has 0 amide bonds. The predicted molar refractivity (Wildman–Crippen MR) is 36.5 cm³/mol. The van der Waals surface area contributed by atoms with Gasteiger partial charge in [-0.2, -0.15) is 0 Å². The van der Waals surface area contributed by atoms with Crippen LogP contribution in [0.15, 0.2) is 0 Å². The van der Waals surface area contributed by atoms with Crippen molar-refractivity contribution in [3.05, 3.63) is 7.11 Å². The molecule has 0 radical (unpaired) electrons. The fourth-order valence-electron chi connectivity index (χ4n) is 0.306. The second kappa shape index (κ2) is 7.13. The molecular formula is C6H13ClMgO. The minimum absolute atomic E-state index is 0. The van der Waals surface area contributed by atoms with Crippen molar-refractivity contribution in [3.63, 3.8) is 0 Å². The molecule has 0 aromatic heterocycles. The van der Waals surface area contributed by atoms with E-state index >= 15 is 0 Å². The van der Waals surface area contributed by atoms with Gasteiger partial charge in [-0.05, 0) is 5.41 Å². The van der Waals surface area contributed by atoms with E-state index < -0.39 is 0 Å². The van der Waals surface area contributed by atoms with E-state index in [1.54, 1.807) is 0 Å². The summed E-state index contributed by atoms with van der Waals surface area (Å²) in [5, 5.41) is 0. The molecule has 9 heavy (non-hydrogen) atoms. The Morgan fingerprint density at radius 3 is 1.67 bits per heavy atom. The Morgan fingerprint density at radius 2 is 1.67 bits per heavy atom. The zero-order valence-corrected chi connectivity index (χ0v) is 8.58. The molecule has 0 rings (SSSR count). The second-order valence-corrected chi connectivity index (χ2v) is 2.91. The van der Waals surface area contributed by atoms with Crippen molar-refractivity contribution in [2.24, 2.45) is 5.41 Å². The molecular weight excluding hydrogens is 148 g/mol. The molecule has 0 atom stereocenters. The summed E-state index contributed by atoms with van der Waals surface area (Å²) >= 11 is 0. The Hall–Kier alpha value is 1.02. The Kier molecular flexibility index (Phi) is 13.1. The molecule has 52 valence electrons. The summed E-state index contributed by atoms with van der Waals surface area (Å²) in [5.74, 6) is 0. The van der Waals surface area contributed by atoms with Crippen LogP contribution in [-0.2, 0) is 4.74 Å². The molecule has 0 unspecified atom stereocenters. The summed E-state index contributed by atoms with van der Waals surface area (Å²) in [7, 11) is 3.27. The number of rotatable bonds is 1. The maximum absolute atomic E-state index is 4.66. The molecule has 0 spiro atoms. The quantitative estimate of drug-likeness (QED) is 0.334. The van der Waals surface area contributed by atoms with E-state index in [9.17, 15) is 0 Å². The van der Waals surface area contributed by atoms with Gasteiger partial charge in [-0.1, -0.05) is 20.8 Å². The Labute approximate surface area is 80.1 Å². The maximum Gasteiger partial charge on any atom is 2.00 e. The first-order valence-electron chi connectivity index (χ1n) is 2.43. The molecule has 0 aromatic rings. The van der Waals surface area contributed by atoms with Crippen molar-refractivity contribution in [3.8, 4) is 0 Å². The van der Waals surface area contributed by atoms with Crippen LogP contribution >= 0.6 is 0 Å². The van der Waals surface area contributed by atoms with Gasteiger partial charge in [-0.3, -0.25) is 0 Å². The van der Waals surface area contributed by atoms with Crippen LogP contribution in [0.25, 0.3) is 0 Å². The van der Waals surface area contributed by atoms with E-state index in [-0.39, 0.29) is 40.9 Å². The summed E-state index contributed by atoms with van der Waals surface area (Å²) in [6.45, 7) is 7.06. The topological polar surface area (TPSA) is 9.23 Å². The molecule has 0 aliphatic rings. The standard InChI is InChI=1S/C6H13O.ClH.Mg/c1-6(2,3)5-7-4;;/h4-5H2,1-3H3;1H;/q-1;;+2/p-1. The molecule has 0 aliphatic heterocycles. The van der Waals surface area contributed by atoms with Crippen molar-refractivity contribution in [1.82, 2.24) is 0 Å². The van der Waals surface area contributed by atoms with E-state index in [1.165, 1.54) is 0 Å².